The lowest BCUT2D eigenvalue weighted by molar-refractivity contribution is 0.181. The van der Waals surface area contributed by atoms with Gasteiger partial charge in [0.05, 0.1) is 0 Å². The van der Waals surface area contributed by atoms with Gasteiger partial charge < -0.3 is 15.4 Å². The molecule has 0 spiro atoms. The van der Waals surface area contributed by atoms with Gasteiger partial charge in [0.15, 0.2) is 6.23 Å². The number of benzene rings is 2. The molecule has 0 saturated carbocycles. The molecule has 4 nitrogen and oxygen atoms in total. The highest BCUT2D eigenvalue weighted by Crippen LogP contribution is 2.26. The second-order valence-corrected chi connectivity index (χ2v) is 6.30. The van der Waals surface area contributed by atoms with Crippen LogP contribution in [0.15, 0.2) is 42.5 Å². The van der Waals surface area contributed by atoms with Gasteiger partial charge in [0.2, 0.25) is 0 Å². The number of carbonyl (C=O) groups excluding carboxylic acids is 1. The lowest BCUT2D eigenvalue weighted by Gasteiger charge is -2.20. The molecule has 2 N–H and O–H groups in total. The van der Waals surface area contributed by atoms with E-state index < -0.39 is 6.23 Å². The Bertz CT molecular complexity index is 711. The molecule has 2 rings (SSSR count). The first-order valence-electron chi connectivity index (χ1n) is 8.27. The Labute approximate surface area is 144 Å². The molecule has 0 aliphatic carbocycles. The Hall–Kier alpha value is -2.49. The van der Waals surface area contributed by atoms with Crippen LogP contribution in [0, 0.1) is 13.8 Å². The van der Waals surface area contributed by atoms with Gasteiger partial charge in [0.25, 0.3) is 0 Å². The summed E-state index contributed by atoms with van der Waals surface area (Å²) in [5.74, 6) is 1.16. The van der Waals surface area contributed by atoms with E-state index in [1.807, 2.05) is 63.2 Å². The highest BCUT2D eigenvalue weighted by atomic mass is 16.5. The summed E-state index contributed by atoms with van der Waals surface area (Å²) in [6, 6.07) is 13.5. The Morgan fingerprint density at radius 2 is 1.71 bits per heavy atom. The maximum absolute atomic E-state index is 12.2. The van der Waals surface area contributed by atoms with Crippen LogP contribution in [0.25, 0.3) is 0 Å². The van der Waals surface area contributed by atoms with Gasteiger partial charge in [-0.05, 0) is 55.5 Å². The zero-order chi connectivity index (χ0) is 17.7. The molecule has 2 amide bonds. The SMILES string of the molecule is Cc1cccc(NC(=O)NC(C)Oc2ccccc2C(C)C)c1C. The van der Waals surface area contributed by atoms with Gasteiger partial charge in [0, 0.05) is 5.69 Å². The molecule has 1 atom stereocenters. The summed E-state index contributed by atoms with van der Waals surface area (Å²) in [7, 11) is 0. The molecular weight excluding hydrogens is 300 g/mol. The van der Waals surface area contributed by atoms with Crippen molar-refractivity contribution in [1.82, 2.24) is 5.32 Å². The summed E-state index contributed by atoms with van der Waals surface area (Å²) >= 11 is 0. The third-order valence-corrected chi connectivity index (χ3v) is 4.03. The van der Waals surface area contributed by atoms with Crippen molar-refractivity contribution in [1.29, 1.82) is 0 Å². The van der Waals surface area contributed by atoms with E-state index >= 15 is 0 Å². The first kappa shape index (κ1) is 17.9. The molecule has 4 heteroatoms. The average molecular weight is 326 g/mol. The Morgan fingerprint density at radius 1 is 1.00 bits per heavy atom. The van der Waals surface area contributed by atoms with Crippen molar-refractivity contribution in [3.63, 3.8) is 0 Å². The molecule has 128 valence electrons. The predicted molar refractivity (Wildman–Crippen MR) is 98.7 cm³/mol. The topological polar surface area (TPSA) is 50.4 Å². The van der Waals surface area contributed by atoms with Crippen molar-refractivity contribution in [2.75, 3.05) is 5.32 Å². The number of hydrogen-bond acceptors (Lipinski definition) is 2. The van der Waals surface area contributed by atoms with E-state index in [1.165, 1.54) is 0 Å². The molecule has 0 fully saturated rings. The fourth-order valence-corrected chi connectivity index (χ4v) is 2.51. The van der Waals surface area contributed by atoms with Gasteiger partial charge >= 0.3 is 6.03 Å². The molecule has 1 unspecified atom stereocenters. The van der Waals surface area contributed by atoms with E-state index in [1.54, 1.807) is 0 Å². The second kappa shape index (κ2) is 7.86. The molecule has 0 bridgehead atoms. The molecule has 24 heavy (non-hydrogen) atoms. The third kappa shape index (κ3) is 4.51. The van der Waals surface area contributed by atoms with Crippen molar-refractivity contribution in [3.8, 4) is 5.75 Å². The Balaban J connectivity index is 1.98. The molecular formula is C20H26N2O2. The lowest BCUT2D eigenvalue weighted by Crippen LogP contribution is -2.39. The maximum Gasteiger partial charge on any atom is 0.322 e. The summed E-state index contributed by atoms with van der Waals surface area (Å²) < 4.78 is 5.90. The number of nitrogens with one attached hydrogen (secondary N) is 2. The third-order valence-electron chi connectivity index (χ3n) is 4.03. The van der Waals surface area contributed by atoms with Crippen molar-refractivity contribution < 1.29 is 9.53 Å². The molecule has 0 saturated heterocycles. The lowest BCUT2D eigenvalue weighted by atomic mass is 10.0. The van der Waals surface area contributed by atoms with Crippen LogP contribution in [-0.4, -0.2) is 12.3 Å². The maximum atomic E-state index is 12.2. The second-order valence-electron chi connectivity index (χ2n) is 6.30. The van der Waals surface area contributed by atoms with E-state index in [4.69, 9.17) is 4.74 Å². The zero-order valence-electron chi connectivity index (χ0n) is 15.0. The summed E-state index contributed by atoms with van der Waals surface area (Å²) in [5, 5.41) is 5.69. The normalized spacial score (nSPS) is 11.9. The van der Waals surface area contributed by atoms with Crippen LogP contribution in [0.5, 0.6) is 5.75 Å². The number of para-hydroxylation sites is 1. The molecule has 0 radical (unpaired) electrons. The van der Waals surface area contributed by atoms with Crippen LogP contribution in [-0.2, 0) is 0 Å². The van der Waals surface area contributed by atoms with Crippen LogP contribution >= 0.6 is 0 Å². The van der Waals surface area contributed by atoms with Crippen molar-refractivity contribution >= 4 is 11.7 Å². The number of aryl methyl sites for hydroxylation is 1. The van der Waals surface area contributed by atoms with Crippen LogP contribution in [0.3, 0.4) is 0 Å². The van der Waals surface area contributed by atoms with E-state index in [0.717, 1.165) is 28.1 Å². The van der Waals surface area contributed by atoms with Crippen molar-refractivity contribution in [2.45, 2.75) is 46.8 Å². The number of rotatable bonds is 5. The van der Waals surface area contributed by atoms with Crippen molar-refractivity contribution in [2.24, 2.45) is 0 Å². The van der Waals surface area contributed by atoms with Gasteiger partial charge in [-0.3, -0.25) is 0 Å². The van der Waals surface area contributed by atoms with Crippen LogP contribution in [0.1, 0.15) is 43.4 Å². The largest absolute Gasteiger partial charge is 0.471 e. The number of urea groups is 1. The van der Waals surface area contributed by atoms with Gasteiger partial charge in [-0.25, -0.2) is 4.79 Å². The van der Waals surface area contributed by atoms with Crippen LogP contribution in [0.4, 0.5) is 10.5 Å². The van der Waals surface area contributed by atoms with Gasteiger partial charge in [-0.15, -0.1) is 0 Å². The van der Waals surface area contributed by atoms with E-state index in [0.29, 0.717) is 5.92 Å². The standard InChI is InChI=1S/C20H26N2O2/c1-13(2)17-10-6-7-12-19(17)24-16(5)21-20(23)22-18-11-8-9-14(3)15(18)4/h6-13,16H,1-5H3,(H2,21,22,23). The van der Waals surface area contributed by atoms with Gasteiger partial charge in [-0.1, -0.05) is 44.2 Å². The molecule has 0 heterocycles. The first-order valence-corrected chi connectivity index (χ1v) is 8.27. The molecule has 0 aliphatic heterocycles. The number of anilines is 1. The number of amides is 2. The molecule has 2 aromatic carbocycles. The van der Waals surface area contributed by atoms with Gasteiger partial charge in [0.1, 0.15) is 5.75 Å². The minimum absolute atomic E-state index is 0.279. The summed E-state index contributed by atoms with van der Waals surface area (Å²) in [4.78, 5) is 12.2. The highest BCUT2D eigenvalue weighted by Gasteiger charge is 2.13. The quantitative estimate of drug-likeness (QED) is 0.762. The summed E-state index contributed by atoms with van der Waals surface area (Å²) in [6.45, 7) is 10.1. The Morgan fingerprint density at radius 3 is 2.42 bits per heavy atom. The van der Waals surface area contributed by atoms with E-state index in [2.05, 4.69) is 24.5 Å². The Kier molecular flexibility index (Phi) is 5.85. The van der Waals surface area contributed by atoms with E-state index in [9.17, 15) is 4.79 Å². The first-order chi connectivity index (χ1) is 11.4. The molecule has 2 aromatic rings. The van der Waals surface area contributed by atoms with Crippen LogP contribution in [0.2, 0.25) is 0 Å². The monoisotopic (exact) mass is 326 g/mol. The fraction of sp³-hybridized carbons (Fsp3) is 0.350. The summed E-state index contributed by atoms with van der Waals surface area (Å²) in [5.41, 5.74) is 4.14. The predicted octanol–water partition coefficient (Wildman–Crippen LogP) is 4.97. The molecule has 0 aliphatic rings. The highest BCUT2D eigenvalue weighted by molar-refractivity contribution is 5.90. The minimum Gasteiger partial charge on any atom is -0.471 e. The van der Waals surface area contributed by atoms with Crippen LogP contribution < -0.4 is 15.4 Å². The van der Waals surface area contributed by atoms with E-state index in [-0.39, 0.29) is 6.03 Å². The minimum atomic E-state index is -0.435. The smallest absolute Gasteiger partial charge is 0.322 e. The average Bonchev–Trinajstić information content (AvgIpc) is 2.52. The summed E-state index contributed by atoms with van der Waals surface area (Å²) in [6.07, 6.45) is -0.435. The van der Waals surface area contributed by atoms with Gasteiger partial charge in [-0.2, -0.15) is 0 Å². The number of carbonyl (C=O) groups is 1. The number of hydrogen-bond donors (Lipinski definition) is 2. The number of ether oxygens (including phenoxy) is 1. The van der Waals surface area contributed by atoms with Crippen molar-refractivity contribution in [3.05, 3.63) is 59.2 Å². The zero-order valence-corrected chi connectivity index (χ0v) is 15.0. The fourth-order valence-electron chi connectivity index (χ4n) is 2.51. The molecule has 0 aromatic heterocycles.